The monoisotopic (exact) mass is 920 g/mol. The van der Waals surface area contributed by atoms with Crippen molar-refractivity contribution in [3.63, 3.8) is 0 Å². The molecule has 3 aliphatic heterocycles. The maximum Gasteiger partial charge on any atom is 0.160 e. The molecular formula is C57H81N3O7. The summed E-state index contributed by atoms with van der Waals surface area (Å²) in [7, 11) is 1.96. The molecule has 67 heavy (non-hydrogen) atoms. The van der Waals surface area contributed by atoms with E-state index in [0.717, 1.165) is 81.4 Å². The van der Waals surface area contributed by atoms with E-state index in [1.54, 1.807) is 0 Å². The molecular weight excluding hydrogens is 839 g/mol. The van der Waals surface area contributed by atoms with E-state index in [1.807, 2.05) is 20.9 Å². The summed E-state index contributed by atoms with van der Waals surface area (Å²) in [6.45, 7) is 20.8. The van der Waals surface area contributed by atoms with Crippen LogP contribution in [0, 0.1) is 57.7 Å². The maximum absolute atomic E-state index is 15.5. The molecule has 10 nitrogen and oxygen atoms in total. The molecule has 4 aliphatic carbocycles. The molecule has 1 aromatic carbocycles. The molecule has 7 aliphatic rings. The fourth-order valence-corrected chi connectivity index (χ4v) is 17.0. The van der Waals surface area contributed by atoms with E-state index in [4.69, 9.17) is 9.47 Å². The van der Waals surface area contributed by atoms with E-state index in [9.17, 15) is 20.1 Å². The summed E-state index contributed by atoms with van der Waals surface area (Å²) in [6.07, 6.45) is 12.1. The first-order valence-corrected chi connectivity index (χ1v) is 26.2. The van der Waals surface area contributed by atoms with Gasteiger partial charge in [-0.3, -0.25) is 9.59 Å². The summed E-state index contributed by atoms with van der Waals surface area (Å²) in [5.41, 5.74) is 7.62. The van der Waals surface area contributed by atoms with Crippen LogP contribution < -0.4 is 5.32 Å². The lowest BCUT2D eigenvalue weighted by Crippen LogP contribution is -2.69. The Labute approximate surface area is 399 Å². The van der Waals surface area contributed by atoms with E-state index < -0.39 is 44.9 Å². The third kappa shape index (κ3) is 7.37. The largest absolute Gasteiger partial charge is 0.396 e. The van der Waals surface area contributed by atoms with Gasteiger partial charge >= 0.3 is 0 Å². The van der Waals surface area contributed by atoms with Crippen molar-refractivity contribution in [3.05, 3.63) is 69.6 Å². The summed E-state index contributed by atoms with van der Waals surface area (Å²) in [5, 5.41) is 39.4. The van der Waals surface area contributed by atoms with Crippen LogP contribution in [0.25, 0.3) is 11.0 Å². The molecule has 5 fully saturated rings. The number of carbonyl (C=O) groups is 2. The number of aryl methyl sites for hydroxylation is 2. The number of ether oxygens (including phenoxy) is 2. The molecule has 3 aromatic rings. The number of aliphatic hydroxyl groups is 3. The number of carbonyl (C=O) groups excluding carboxylic acids is 2. The number of hydrogen-bond acceptors (Lipinski definition) is 8. The van der Waals surface area contributed by atoms with Crippen molar-refractivity contribution in [2.24, 2.45) is 50.7 Å². The number of allylic oxidation sites excluding steroid dienone is 1. The summed E-state index contributed by atoms with van der Waals surface area (Å²) in [4.78, 5) is 34.1. The Morgan fingerprint density at radius 2 is 1.76 bits per heavy atom. The van der Waals surface area contributed by atoms with Crippen molar-refractivity contribution in [1.82, 2.24) is 14.9 Å². The highest BCUT2D eigenvalue weighted by Gasteiger charge is 2.73. The topological polar surface area (TPSA) is 149 Å². The molecule has 0 spiro atoms. The molecule has 3 saturated carbocycles. The van der Waals surface area contributed by atoms with E-state index in [0.29, 0.717) is 56.8 Å². The van der Waals surface area contributed by atoms with Gasteiger partial charge in [0, 0.05) is 79.8 Å². The van der Waals surface area contributed by atoms with Crippen molar-refractivity contribution in [2.45, 2.75) is 175 Å². The first-order valence-electron chi connectivity index (χ1n) is 26.2. The molecule has 0 bridgehead atoms. The third-order valence-corrected chi connectivity index (χ3v) is 20.3. The van der Waals surface area contributed by atoms with Crippen molar-refractivity contribution in [3.8, 4) is 0 Å². The van der Waals surface area contributed by atoms with Crippen LogP contribution in [-0.4, -0.2) is 93.8 Å². The number of aromatic nitrogens is 2. The van der Waals surface area contributed by atoms with E-state index >= 15 is 4.79 Å². The van der Waals surface area contributed by atoms with Gasteiger partial charge in [0.1, 0.15) is 11.9 Å². The van der Waals surface area contributed by atoms with Gasteiger partial charge in [-0.25, -0.2) is 0 Å². The van der Waals surface area contributed by atoms with Crippen LogP contribution in [0.4, 0.5) is 0 Å². The Morgan fingerprint density at radius 3 is 2.46 bits per heavy atom. The number of aromatic amines is 1. The first-order chi connectivity index (χ1) is 31.7. The van der Waals surface area contributed by atoms with Gasteiger partial charge in [-0.1, -0.05) is 58.4 Å². The van der Waals surface area contributed by atoms with Crippen molar-refractivity contribution >= 4 is 22.6 Å². The molecule has 5 heterocycles. The van der Waals surface area contributed by atoms with Crippen LogP contribution in [0.1, 0.15) is 153 Å². The molecule has 10 rings (SSSR count). The van der Waals surface area contributed by atoms with Crippen LogP contribution >= 0.6 is 0 Å². The molecule has 12 atom stereocenters. The number of benzene rings is 1. The number of Topliss-reactive ketones (excluding diaryl/α,β-unsaturated/α-hetero) is 2. The number of aliphatic hydroxyl groups excluding tert-OH is 3. The van der Waals surface area contributed by atoms with Gasteiger partial charge in [0.05, 0.1) is 28.8 Å². The van der Waals surface area contributed by atoms with Gasteiger partial charge in [-0.15, -0.1) is 0 Å². The highest BCUT2D eigenvalue weighted by Crippen LogP contribution is 2.76. The fraction of sp³-hybridized carbons (Fsp3) is 0.719. The Bertz CT molecular complexity index is 2460. The van der Waals surface area contributed by atoms with Crippen molar-refractivity contribution in [2.75, 3.05) is 33.4 Å². The average molecular weight is 920 g/mol. The number of H-pyrrole nitrogens is 1. The van der Waals surface area contributed by atoms with Crippen molar-refractivity contribution in [1.29, 1.82) is 0 Å². The summed E-state index contributed by atoms with van der Waals surface area (Å²) < 4.78 is 14.2. The van der Waals surface area contributed by atoms with E-state index in [1.165, 1.54) is 33.3 Å². The minimum Gasteiger partial charge on any atom is -0.396 e. The number of nitrogens with zero attached hydrogens (tertiary/aromatic N) is 1. The highest BCUT2D eigenvalue weighted by molar-refractivity contribution is 6.02. The van der Waals surface area contributed by atoms with Crippen LogP contribution in [-0.2, 0) is 38.4 Å². The second kappa shape index (κ2) is 16.8. The summed E-state index contributed by atoms with van der Waals surface area (Å²) >= 11 is 0. The van der Waals surface area contributed by atoms with Gasteiger partial charge < -0.3 is 39.7 Å². The quantitative estimate of drug-likeness (QED) is 0.113. The number of rotatable bonds is 12. The summed E-state index contributed by atoms with van der Waals surface area (Å²) in [5.74, 6) is 0.292. The molecule has 5 N–H and O–H groups in total. The van der Waals surface area contributed by atoms with Crippen LogP contribution in [0.2, 0.25) is 0 Å². The molecule has 12 unspecified atom stereocenters. The van der Waals surface area contributed by atoms with Gasteiger partial charge in [0.2, 0.25) is 0 Å². The molecule has 0 amide bonds. The zero-order valence-electron chi connectivity index (χ0n) is 42.2. The fourth-order valence-electron chi connectivity index (χ4n) is 17.0. The Kier molecular flexibility index (Phi) is 11.9. The standard InChI is InChI=1S/C57H81N3O7/c1-33-23-34(25-38(24-33)35-14-21-66-22-15-35)26-39-31-60-32-40-44-45(53(4,28-42(63)51-52(2,3)67-51)16-12-37-30-59-46(39)47(37)60)41(62)29-57(44,8)56(7)17-13-43-54(5,18-19-58-9)50(65)36(11-10-20-61)27-55(43,6)49(56)48(40)64/h23-25,30-31,35-36,40,42-43,48-49,51,58-59,61,63-64H,10-22,26-29,32H2,1-9H3. The Balaban J connectivity index is 1.13. The van der Waals surface area contributed by atoms with Gasteiger partial charge in [0.15, 0.2) is 5.78 Å². The lowest BCUT2D eigenvalue weighted by Gasteiger charge is -2.71. The predicted molar refractivity (Wildman–Crippen MR) is 262 cm³/mol. The predicted octanol–water partition coefficient (Wildman–Crippen LogP) is 8.93. The smallest absolute Gasteiger partial charge is 0.160 e. The molecule has 10 heteroatoms. The Hall–Kier alpha value is -3.12. The zero-order valence-corrected chi connectivity index (χ0v) is 42.2. The minimum atomic E-state index is -0.789. The van der Waals surface area contributed by atoms with Crippen molar-refractivity contribution < 1.29 is 34.4 Å². The number of epoxide rings is 1. The third-order valence-electron chi connectivity index (χ3n) is 20.3. The van der Waals surface area contributed by atoms with Gasteiger partial charge in [-0.2, -0.15) is 0 Å². The second-order valence-corrected chi connectivity index (χ2v) is 24.8. The van der Waals surface area contributed by atoms with Gasteiger partial charge in [0.25, 0.3) is 0 Å². The molecule has 366 valence electrons. The van der Waals surface area contributed by atoms with Gasteiger partial charge in [-0.05, 0) is 167 Å². The highest BCUT2D eigenvalue weighted by atomic mass is 16.6. The van der Waals surface area contributed by atoms with Crippen LogP contribution in [0.5, 0.6) is 0 Å². The lowest BCUT2D eigenvalue weighted by molar-refractivity contribution is -0.228. The van der Waals surface area contributed by atoms with E-state index in [-0.39, 0.29) is 42.2 Å². The summed E-state index contributed by atoms with van der Waals surface area (Å²) in [6, 6.07) is 7.10. The zero-order chi connectivity index (χ0) is 47.6. The minimum absolute atomic E-state index is 0.0490. The van der Waals surface area contributed by atoms with E-state index in [2.05, 4.69) is 87.0 Å². The normalized spacial score (nSPS) is 38.7. The lowest BCUT2D eigenvalue weighted by atomic mass is 9.33. The number of hydrogen-bond donors (Lipinski definition) is 5. The first kappa shape index (κ1) is 47.6. The van der Waals surface area contributed by atoms with Crippen LogP contribution in [0.15, 0.2) is 41.7 Å². The molecule has 0 radical (unpaired) electrons. The van der Waals surface area contributed by atoms with Crippen LogP contribution in [0.3, 0.4) is 0 Å². The maximum atomic E-state index is 15.5. The SMILES string of the molecule is CNCCC1(C)C(=O)C(CCCO)CC2(C)C1CCC1(C)C2C(O)C2Cn3cc(Cc4cc(C)cc(C5CCOCC5)c4)c4[nH]cc(c43)CCC(C)(CC(O)C3OC3(C)C)C3=C2C1(C)CC3=O. The number of nitrogens with one attached hydrogen (secondary N) is 2. The Morgan fingerprint density at radius 1 is 1.01 bits per heavy atom. The average Bonchev–Trinajstić information content (AvgIpc) is 3.51. The molecule has 2 saturated heterocycles. The second-order valence-electron chi connectivity index (χ2n) is 24.8. The number of fused-ring (bicyclic) bond motifs is 4. The molecule has 2 aromatic heterocycles. The number of ketones is 2.